The maximum atomic E-state index is 5.43. The summed E-state index contributed by atoms with van der Waals surface area (Å²) in [5, 5.41) is 7.40. The second-order valence-electron chi connectivity index (χ2n) is 6.97. The number of para-hydroxylation sites is 1. The van der Waals surface area contributed by atoms with Gasteiger partial charge in [-0.05, 0) is 29.9 Å². The molecule has 5 nitrogen and oxygen atoms in total. The van der Waals surface area contributed by atoms with Crippen LogP contribution in [0.2, 0.25) is 0 Å². The van der Waals surface area contributed by atoms with E-state index in [-0.39, 0.29) is 0 Å². The van der Waals surface area contributed by atoms with Crippen LogP contribution in [0.3, 0.4) is 0 Å². The number of rotatable bonds is 6. The van der Waals surface area contributed by atoms with E-state index in [0.29, 0.717) is 4.77 Å². The zero-order valence-electron chi connectivity index (χ0n) is 15.4. The first-order chi connectivity index (χ1) is 13.3. The summed E-state index contributed by atoms with van der Waals surface area (Å²) < 4.78 is 2.70. The number of nitrogens with one attached hydrogen (secondary N) is 1. The van der Waals surface area contributed by atoms with Gasteiger partial charge in [-0.3, -0.25) is 14.6 Å². The van der Waals surface area contributed by atoms with Crippen LogP contribution in [-0.2, 0) is 13.0 Å². The molecule has 0 atom stereocenters. The van der Waals surface area contributed by atoms with E-state index in [0.717, 1.165) is 57.2 Å². The SMILES string of the molecule is S=c1[nH]nc(CCN2CCN(Cc3ccccc3)CC2)n1-c1ccccc1. The van der Waals surface area contributed by atoms with Gasteiger partial charge in [0, 0.05) is 51.4 Å². The Morgan fingerprint density at radius 2 is 1.48 bits per heavy atom. The van der Waals surface area contributed by atoms with Crippen LogP contribution < -0.4 is 0 Å². The van der Waals surface area contributed by atoms with E-state index in [1.165, 1.54) is 5.56 Å². The van der Waals surface area contributed by atoms with Gasteiger partial charge in [0.1, 0.15) is 5.82 Å². The fourth-order valence-electron chi connectivity index (χ4n) is 3.61. The Hall–Kier alpha value is -2.28. The van der Waals surface area contributed by atoms with Crippen LogP contribution in [0.1, 0.15) is 11.4 Å². The molecule has 6 heteroatoms. The van der Waals surface area contributed by atoms with Gasteiger partial charge >= 0.3 is 0 Å². The van der Waals surface area contributed by atoms with Crippen molar-refractivity contribution in [3.8, 4) is 5.69 Å². The number of piperazine rings is 1. The highest BCUT2D eigenvalue weighted by molar-refractivity contribution is 7.71. The summed E-state index contributed by atoms with van der Waals surface area (Å²) >= 11 is 5.43. The molecule has 1 fully saturated rings. The minimum atomic E-state index is 0.656. The first-order valence-electron chi connectivity index (χ1n) is 9.50. The molecule has 0 saturated carbocycles. The number of aromatic amines is 1. The molecule has 27 heavy (non-hydrogen) atoms. The normalized spacial score (nSPS) is 15.9. The Labute approximate surface area is 165 Å². The van der Waals surface area contributed by atoms with Crippen LogP contribution in [-0.4, -0.2) is 57.3 Å². The van der Waals surface area contributed by atoms with E-state index in [2.05, 4.69) is 62.5 Å². The molecule has 0 radical (unpaired) electrons. The van der Waals surface area contributed by atoms with Crippen molar-refractivity contribution in [1.82, 2.24) is 24.6 Å². The molecule has 0 spiro atoms. The van der Waals surface area contributed by atoms with Gasteiger partial charge in [-0.25, -0.2) is 0 Å². The zero-order chi connectivity index (χ0) is 18.5. The fourth-order valence-corrected chi connectivity index (χ4v) is 3.87. The van der Waals surface area contributed by atoms with Gasteiger partial charge in [-0.1, -0.05) is 48.5 Å². The number of benzene rings is 2. The summed E-state index contributed by atoms with van der Waals surface area (Å²) in [5.41, 5.74) is 2.46. The van der Waals surface area contributed by atoms with E-state index >= 15 is 0 Å². The number of hydrogen-bond donors (Lipinski definition) is 1. The fraction of sp³-hybridized carbons (Fsp3) is 0.333. The average Bonchev–Trinajstić information content (AvgIpc) is 3.09. The lowest BCUT2D eigenvalue weighted by Crippen LogP contribution is -2.46. The predicted octanol–water partition coefficient (Wildman–Crippen LogP) is 3.29. The van der Waals surface area contributed by atoms with Crippen LogP contribution in [0.4, 0.5) is 0 Å². The Balaban J connectivity index is 1.32. The first kappa shape index (κ1) is 18.1. The van der Waals surface area contributed by atoms with Crippen LogP contribution >= 0.6 is 12.2 Å². The Morgan fingerprint density at radius 1 is 0.852 bits per heavy atom. The maximum Gasteiger partial charge on any atom is 0.199 e. The number of H-pyrrole nitrogens is 1. The summed E-state index contributed by atoms with van der Waals surface area (Å²) in [6, 6.07) is 20.9. The quantitative estimate of drug-likeness (QED) is 0.667. The molecule has 4 rings (SSSR count). The second kappa shape index (κ2) is 8.61. The van der Waals surface area contributed by atoms with Gasteiger partial charge in [-0.15, -0.1) is 0 Å². The lowest BCUT2D eigenvalue weighted by molar-refractivity contribution is 0.127. The smallest absolute Gasteiger partial charge is 0.199 e. The second-order valence-corrected chi connectivity index (χ2v) is 7.36. The van der Waals surface area contributed by atoms with Gasteiger partial charge in [0.25, 0.3) is 0 Å². The Morgan fingerprint density at radius 3 is 2.19 bits per heavy atom. The Bertz CT molecular complexity index is 895. The number of aromatic nitrogens is 3. The average molecular weight is 380 g/mol. The summed E-state index contributed by atoms with van der Waals surface area (Å²) in [6.45, 7) is 6.47. The highest BCUT2D eigenvalue weighted by Gasteiger charge is 2.18. The largest absolute Gasteiger partial charge is 0.300 e. The molecule has 1 aromatic heterocycles. The van der Waals surface area contributed by atoms with Crippen molar-refractivity contribution in [2.75, 3.05) is 32.7 Å². The van der Waals surface area contributed by atoms with Gasteiger partial charge in [0.15, 0.2) is 4.77 Å². The van der Waals surface area contributed by atoms with E-state index in [9.17, 15) is 0 Å². The van der Waals surface area contributed by atoms with E-state index < -0.39 is 0 Å². The molecule has 1 N–H and O–H groups in total. The molecule has 1 aliphatic rings. The summed E-state index contributed by atoms with van der Waals surface area (Å²) in [7, 11) is 0. The van der Waals surface area contributed by atoms with Crippen molar-refractivity contribution in [1.29, 1.82) is 0 Å². The first-order valence-corrected chi connectivity index (χ1v) is 9.91. The number of hydrogen-bond acceptors (Lipinski definition) is 4. The molecule has 1 aliphatic heterocycles. The third kappa shape index (κ3) is 4.53. The highest BCUT2D eigenvalue weighted by atomic mass is 32.1. The van der Waals surface area contributed by atoms with Crippen LogP contribution in [0.25, 0.3) is 5.69 Å². The molecular formula is C21H25N5S. The summed E-state index contributed by atoms with van der Waals surface area (Å²) in [6.07, 6.45) is 0.890. The van der Waals surface area contributed by atoms with E-state index in [1.807, 2.05) is 22.8 Å². The molecule has 1 saturated heterocycles. The lowest BCUT2D eigenvalue weighted by atomic mass is 10.2. The minimum absolute atomic E-state index is 0.656. The zero-order valence-corrected chi connectivity index (χ0v) is 16.2. The van der Waals surface area contributed by atoms with Crippen molar-refractivity contribution in [2.24, 2.45) is 0 Å². The third-order valence-electron chi connectivity index (χ3n) is 5.12. The molecule has 0 amide bonds. The van der Waals surface area contributed by atoms with Crippen molar-refractivity contribution in [3.63, 3.8) is 0 Å². The highest BCUT2D eigenvalue weighted by Crippen LogP contribution is 2.13. The molecule has 2 heterocycles. The minimum Gasteiger partial charge on any atom is -0.300 e. The molecule has 140 valence electrons. The van der Waals surface area contributed by atoms with Crippen molar-refractivity contribution < 1.29 is 0 Å². The van der Waals surface area contributed by atoms with Crippen LogP contribution in [0.5, 0.6) is 0 Å². The lowest BCUT2D eigenvalue weighted by Gasteiger charge is -2.34. The van der Waals surface area contributed by atoms with Gasteiger partial charge in [-0.2, -0.15) is 5.10 Å². The van der Waals surface area contributed by atoms with Crippen molar-refractivity contribution in [3.05, 3.63) is 76.8 Å². The van der Waals surface area contributed by atoms with E-state index in [1.54, 1.807) is 0 Å². The summed E-state index contributed by atoms with van der Waals surface area (Å²) in [5.74, 6) is 0.998. The topological polar surface area (TPSA) is 40.1 Å². The van der Waals surface area contributed by atoms with E-state index in [4.69, 9.17) is 12.2 Å². The molecular weight excluding hydrogens is 354 g/mol. The summed E-state index contributed by atoms with van der Waals surface area (Å²) in [4.78, 5) is 5.06. The monoisotopic (exact) mass is 379 g/mol. The molecule has 2 aromatic carbocycles. The standard InChI is InChI=1S/C21H25N5S/c27-21-23-22-20(26(21)19-9-5-2-6-10-19)11-12-24-13-15-25(16-14-24)17-18-7-3-1-4-8-18/h1-10H,11-17H2,(H,23,27). The maximum absolute atomic E-state index is 5.43. The van der Waals surface area contributed by atoms with Crippen LogP contribution in [0, 0.1) is 4.77 Å². The van der Waals surface area contributed by atoms with Crippen molar-refractivity contribution in [2.45, 2.75) is 13.0 Å². The predicted molar refractivity (Wildman–Crippen MR) is 111 cm³/mol. The molecule has 0 bridgehead atoms. The van der Waals surface area contributed by atoms with Gasteiger partial charge in [0.2, 0.25) is 0 Å². The van der Waals surface area contributed by atoms with Gasteiger partial charge in [0.05, 0.1) is 0 Å². The van der Waals surface area contributed by atoms with Gasteiger partial charge < -0.3 is 4.90 Å². The third-order valence-corrected chi connectivity index (χ3v) is 5.40. The molecule has 0 unspecified atom stereocenters. The molecule has 3 aromatic rings. The van der Waals surface area contributed by atoms with Crippen molar-refractivity contribution >= 4 is 12.2 Å². The number of nitrogens with zero attached hydrogens (tertiary/aromatic N) is 4. The van der Waals surface area contributed by atoms with Crippen LogP contribution in [0.15, 0.2) is 60.7 Å². The molecule has 0 aliphatic carbocycles. The Kier molecular flexibility index (Phi) is 5.77.